The summed E-state index contributed by atoms with van der Waals surface area (Å²) in [5.41, 5.74) is 20.1. The predicted molar refractivity (Wildman–Crippen MR) is 462 cm³/mol. The van der Waals surface area contributed by atoms with E-state index in [0.717, 1.165) is 95.9 Å². The largest absolute Gasteiger partial charge is 0.310 e. The van der Waals surface area contributed by atoms with E-state index in [2.05, 4.69) is 444 Å². The molecule has 0 saturated heterocycles. The predicted octanol–water partition coefficient (Wildman–Crippen LogP) is 29.8. The van der Waals surface area contributed by atoms with E-state index in [1.807, 2.05) is 0 Å². The summed E-state index contributed by atoms with van der Waals surface area (Å²) in [6, 6.07) is 156. The van der Waals surface area contributed by atoms with E-state index in [1.54, 1.807) is 0 Å². The minimum Gasteiger partial charge on any atom is -0.310 e. The molecular weight excluding hydrogens is 1310 g/mol. The molecule has 0 bridgehead atoms. The number of benzene rings is 20. The van der Waals surface area contributed by atoms with Crippen molar-refractivity contribution >= 4 is 154 Å². The van der Waals surface area contributed by atoms with Crippen molar-refractivity contribution in [2.45, 2.75) is 0 Å². The molecule has 0 fully saturated rings. The van der Waals surface area contributed by atoms with Crippen LogP contribution in [0.25, 0.3) is 120 Å². The third-order valence-corrected chi connectivity index (χ3v) is 21.7. The maximum absolute atomic E-state index is 2.42. The van der Waals surface area contributed by atoms with E-state index in [4.69, 9.17) is 0 Å². The Morgan fingerprint density at radius 3 is 0.833 bits per heavy atom. The molecule has 0 aliphatic carbocycles. The van der Waals surface area contributed by atoms with Crippen LogP contribution in [0.3, 0.4) is 0 Å². The first-order chi connectivity index (χ1) is 53.5. The van der Waals surface area contributed by atoms with Crippen LogP contribution in [-0.4, -0.2) is 0 Å². The van der Waals surface area contributed by atoms with Crippen molar-refractivity contribution in [1.82, 2.24) is 0 Å². The normalized spacial score (nSPS) is 11.5. The maximum atomic E-state index is 2.42. The van der Waals surface area contributed by atoms with Crippen LogP contribution < -0.4 is 19.6 Å². The van der Waals surface area contributed by atoms with Crippen LogP contribution in [0.15, 0.2) is 425 Å². The van der Waals surface area contributed by atoms with Gasteiger partial charge in [0.15, 0.2) is 0 Å². The molecule has 20 rings (SSSR count). The lowest BCUT2D eigenvalue weighted by Crippen LogP contribution is -2.10. The molecule has 506 valence electrons. The van der Waals surface area contributed by atoms with Crippen molar-refractivity contribution in [2.75, 3.05) is 19.6 Å². The van der Waals surface area contributed by atoms with Gasteiger partial charge in [-0.25, -0.2) is 0 Å². The molecule has 108 heavy (non-hydrogen) atoms. The van der Waals surface area contributed by atoms with Crippen molar-refractivity contribution in [2.24, 2.45) is 0 Å². The summed E-state index contributed by atoms with van der Waals surface area (Å²) >= 11 is 0. The first-order valence-electron chi connectivity index (χ1n) is 37.1. The lowest BCUT2D eigenvalue weighted by molar-refractivity contribution is 1.29. The standard InChI is InChI=1S/C104H70N4/c1-3-28-85(29-4-1)107(103-69-82-26-13-14-32-96(82)98-33-15-17-35-100(98)103)89-55-44-76(45-56-89)77-46-57-90(58-47-77)108(86-30-5-2-6-31-86)104-70-84-39-38-83(68-102(84)99-34-16-18-36-101(99)104)95-37-19-27-81-67-94(62-63-97(81)95)106(93-61-50-73-22-9-12-25-80(73)66-93)88-53-42-75(43-54-88)74-40-51-87(52-41-74)105(91-59-48-71-20-7-10-23-78(71)64-91)92-60-49-72-21-8-11-24-79(72)65-92/h1-70H. The van der Waals surface area contributed by atoms with Crippen molar-refractivity contribution in [3.05, 3.63) is 425 Å². The Kier molecular flexibility index (Phi) is 15.9. The van der Waals surface area contributed by atoms with Crippen molar-refractivity contribution in [1.29, 1.82) is 0 Å². The van der Waals surface area contributed by atoms with E-state index >= 15 is 0 Å². The van der Waals surface area contributed by atoms with Gasteiger partial charge in [-0.1, -0.05) is 285 Å². The molecule has 20 aromatic rings. The Bertz CT molecular complexity index is 6720. The molecule has 0 aliphatic heterocycles. The topological polar surface area (TPSA) is 13.0 Å². The maximum Gasteiger partial charge on any atom is 0.0546 e. The average molecular weight is 1380 g/mol. The van der Waals surface area contributed by atoms with Gasteiger partial charge >= 0.3 is 0 Å². The second-order valence-corrected chi connectivity index (χ2v) is 28.0. The molecule has 0 unspecified atom stereocenters. The van der Waals surface area contributed by atoms with Gasteiger partial charge in [0.05, 0.1) is 11.4 Å². The van der Waals surface area contributed by atoms with Crippen LogP contribution in [-0.2, 0) is 0 Å². The highest BCUT2D eigenvalue weighted by molar-refractivity contribution is 6.17. The minimum atomic E-state index is 1.07. The Morgan fingerprint density at radius 2 is 0.398 bits per heavy atom. The Hall–Kier alpha value is -14.3. The van der Waals surface area contributed by atoms with Gasteiger partial charge in [-0.2, -0.15) is 0 Å². The molecule has 0 amide bonds. The number of anilines is 12. The number of nitrogens with zero attached hydrogens (tertiary/aromatic N) is 4. The number of hydrogen-bond acceptors (Lipinski definition) is 4. The lowest BCUT2D eigenvalue weighted by atomic mass is 9.93. The van der Waals surface area contributed by atoms with Gasteiger partial charge in [0.2, 0.25) is 0 Å². The van der Waals surface area contributed by atoms with E-state index in [-0.39, 0.29) is 0 Å². The highest BCUT2D eigenvalue weighted by Gasteiger charge is 2.23. The molecule has 0 N–H and O–H groups in total. The number of para-hydroxylation sites is 2. The first-order valence-corrected chi connectivity index (χ1v) is 37.1. The molecule has 0 spiro atoms. The smallest absolute Gasteiger partial charge is 0.0546 e. The fourth-order valence-corrected chi connectivity index (χ4v) is 16.4. The number of hydrogen-bond donors (Lipinski definition) is 0. The molecule has 0 atom stereocenters. The Labute approximate surface area is 628 Å². The molecular formula is C104H70N4. The zero-order valence-corrected chi connectivity index (χ0v) is 59.2. The van der Waals surface area contributed by atoms with Gasteiger partial charge in [0, 0.05) is 67.6 Å². The summed E-state index contributed by atoms with van der Waals surface area (Å²) < 4.78 is 0. The van der Waals surface area contributed by atoms with Crippen LogP contribution in [0, 0.1) is 0 Å². The van der Waals surface area contributed by atoms with Crippen LogP contribution in [0.5, 0.6) is 0 Å². The van der Waals surface area contributed by atoms with Gasteiger partial charge in [-0.15, -0.1) is 0 Å². The summed E-state index contributed by atoms with van der Waals surface area (Å²) in [7, 11) is 0. The molecule has 0 saturated carbocycles. The molecule has 4 nitrogen and oxygen atoms in total. The Morgan fingerprint density at radius 1 is 0.120 bits per heavy atom. The first kappa shape index (κ1) is 63.4. The highest BCUT2D eigenvalue weighted by Crippen LogP contribution is 2.48. The number of fused-ring (bicyclic) bond motifs is 10. The summed E-state index contributed by atoms with van der Waals surface area (Å²) in [5, 5.41) is 19.3. The molecule has 0 aromatic heterocycles. The monoisotopic (exact) mass is 1370 g/mol. The molecule has 20 aromatic carbocycles. The van der Waals surface area contributed by atoms with E-state index < -0.39 is 0 Å². The molecule has 0 heterocycles. The molecule has 0 aliphatic rings. The van der Waals surface area contributed by atoms with Gasteiger partial charge in [0.25, 0.3) is 0 Å². The zero-order valence-electron chi connectivity index (χ0n) is 59.2. The number of rotatable bonds is 15. The van der Waals surface area contributed by atoms with Crippen LogP contribution in [0.1, 0.15) is 0 Å². The second kappa shape index (κ2) is 27.1. The van der Waals surface area contributed by atoms with Gasteiger partial charge in [-0.3, -0.25) is 0 Å². The quantitative estimate of drug-likeness (QED) is 0.0949. The lowest BCUT2D eigenvalue weighted by Gasteiger charge is -2.28. The van der Waals surface area contributed by atoms with Gasteiger partial charge in [-0.05, 0) is 248 Å². The van der Waals surface area contributed by atoms with Crippen LogP contribution in [0.4, 0.5) is 68.2 Å². The van der Waals surface area contributed by atoms with E-state index in [0.29, 0.717) is 0 Å². The summed E-state index contributed by atoms with van der Waals surface area (Å²) in [6.45, 7) is 0. The average Bonchev–Trinajstić information content (AvgIpc) is 0.751. The van der Waals surface area contributed by atoms with Gasteiger partial charge in [0.1, 0.15) is 0 Å². The SMILES string of the molecule is c1ccc(N(c2ccc(-c3ccc(N(c4ccccc4)c4cc5ccc(-c6cccc7cc(N(c8ccc(-c9ccc(N(c%10ccc%11ccccc%11c%10)c%10ccc%11ccccc%11c%10)cc9)cc8)c8ccc9ccccc9c8)ccc67)cc5c5ccccc45)cc3)cc2)c2cc3ccccc3c3ccccc23)cc1. The molecule has 4 heteroatoms. The summed E-state index contributed by atoms with van der Waals surface area (Å²) in [5.74, 6) is 0. The van der Waals surface area contributed by atoms with Crippen molar-refractivity contribution in [3.63, 3.8) is 0 Å². The second-order valence-electron chi connectivity index (χ2n) is 28.0. The fraction of sp³-hybridized carbons (Fsp3) is 0. The van der Waals surface area contributed by atoms with Crippen molar-refractivity contribution < 1.29 is 0 Å². The zero-order chi connectivity index (χ0) is 71.4. The Balaban J connectivity index is 0.613. The van der Waals surface area contributed by atoms with Crippen LogP contribution in [0.2, 0.25) is 0 Å². The van der Waals surface area contributed by atoms with E-state index in [1.165, 1.54) is 91.9 Å². The highest BCUT2D eigenvalue weighted by atomic mass is 15.2. The molecule has 0 radical (unpaired) electrons. The minimum absolute atomic E-state index is 1.07. The van der Waals surface area contributed by atoms with Crippen LogP contribution >= 0.6 is 0 Å². The van der Waals surface area contributed by atoms with E-state index in [9.17, 15) is 0 Å². The summed E-state index contributed by atoms with van der Waals surface area (Å²) in [4.78, 5) is 9.58. The third kappa shape index (κ3) is 11.6. The fourth-order valence-electron chi connectivity index (χ4n) is 16.4. The third-order valence-electron chi connectivity index (χ3n) is 21.7. The van der Waals surface area contributed by atoms with Crippen molar-refractivity contribution in [3.8, 4) is 33.4 Å². The summed E-state index contributed by atoms with van der Waals surface area (Å²) in [6.07, 6.45) is 0. The van der Waals surface area contributed by atoms with Gasteiger partial charge < -0.3 is 19.6 Å².